The highest BCUT2D eigenvalue weighted by Gasteiger charge is 2.75. The summed E-state index contributed by atoms with van der Waals surface area (Å²) in [6.45, 7) is 6.45. The highest BCUT2D eigenvalue weighted by molar-refractivity contribution is 6.01. The van der Waals surface area contributed by atoms with Crippen LogP contribution in [0.25, 0.3) is 0 Å². The van der Waals surface area contributed by atoms with Crippen molar-refractivity contribution >= 4 is 17.5 Å². The number of carboxylic acid groups (broad SMARTS) is 1. The number of alkyl halides is 1. The average Bonchev–Trinajstić information content (AvgIpc) is 3.00. The molecule has 0 heterocycles. The second-order valence-corrected chi connectivity index (χ2v) is 11.2. The van der Waals surface area contributed by atoms with Crippen molar-refractivity contribution in [3.05, 3.63) is 23.8 Å². The Morgan fingerprint density at radius 3 is 2.43 bits per heavy atom. The summed E-state index contributed by atoms with van der Waals surface area (Å²) >= 11 is 0. The van der Waals surface area contributed by atoms with Crippen LogP contribution in [-0.4, -0.2) is 61.9 Å². The number of carbonyl (C=O) groups excluding carboxylic acids is 2. The standard InChI is InChI=1S/C22H29FO5.C5H10O2/c1-12-8-16-15-5-4-13-9-14(25)6-7-19(13,2)21(15,23)17(26)10-20(16,3)22(12,28)18(27)11-24;1-2-3-4-5(6)7/h6-7,9,12,15-17,24,26,28H,4-5,8,10-11H2,1-3H3;2-4H2,1H3,(H,6,7)/t12-,15+,16+,17+,19+,20+,21+,22+;/m1./s1. The third kappa shape index (κ3) is 3.92. The number of unbranched alkanes of at least 4 members (excludes halogenated alkanes) is 1. The molecule has 0 spiro atoms. The Hall–Kier alpha value is -1.90. The minimum Gasteiger partial charge on any atom is -0.481 e. The van der Waals surface area contributed by atoms with Gasteiger partial charge in [-0.1, -0.05) is 38.8 Å². The van der Waals surface area contributed by atoms with E-state index in [1.807, 2.05) is 6.92 Å². The first-order chi connectivity index (χ1) is 16.2. The van der Waals surface area contributed by atoms with Crippen LogP contribution < -0.4 is 0 Å². The molecule has 3 saturated carbocycles. The van der Waals surface area contributed by atoms with Gasteiger partial charge in [-0.2, -0.15) is 0 Å². The Balaban J connectivity index is 0.000000429. The number of ketones is 2. The van der Waals surface area contributed by atoms with Gasteiger partial charge in [0.15, 0.2) is 17.2 Å². The van der Waals surface area contributed by atoms with Gasteiger partial charge >= 0.3 is 5.97 Å². The number of Topliss-reactive ketones (excluding diaryl/α,β-unsaturated/α-hetero) is 1. The van der Waals surface area contributed by atoms with Crippen LogP contribution in [0, 0.1) is 28.6 Å². The van der Waals surface area contributed by atoms with Gasteiger partial charge in [0.25, 0.3) is 0 Å². The number of allylic oxidation sites excluding steroid dienone is 4. The molecule has 0 aliphatic heterocycles. The largest absolute Gasteiger partial charge is 0.481 e. The highest BCUT2D eigenvalue weighted by Crippen LogP contribution is 2.70. The first kappa shape index (κ1) is 27.7. The first-order valence-corrected chi connectivity index (χ1v) is 12.6. The van der Waals surface area contributed by atoms with Crippen LogP contribution in [0.1, 0.15) is 72.6 Å². The summed E-state index contributed by atoms with van der Waals surface area (Å²) in [4.78, 5) is 34.1. The van der Waals surface area contributed by atoms with Crippen molar-refractivity contribution in [3.63, 3.8) is 0 Å². The number of rotatable bonds is 5. The molecule has 0 aromatic rings. The van der Waals surface area contributed by atoms with E-state index in [-0.39, 0.29) is 18.1 Å². The number of aliphatic hydroxyl groups excluding tert-OH is 2. The van der Waals surface area contributed by atoms with Gasteiger partial charge in [-0.15, -0.1) is 0 Å². The zero-order valence-electron chi connectivity index (χ0n) is 21.1. The van der Waals surface area contributed by atoms with Crippen molar-refractivity contribution in [3.8, 4) is 0 Å². The Morgan fingerprint density at radius 2 is 1.89 bits per heavy atom. The van der Waals surface area contributed by atoms with Crippen LogP contribution in [0.4, 0.5) is 4.39 Å². The van der Waals surface area contributed by atoms with Crippen LogP contribution in [0.2, 0.25) is 0 Å². The van der Waals surface area contributed by atoms with Crippen LogP contribution in [0.15, 0.2) is 23.8 Å². The third-order valence-electron chi connectivity index (χ3n) is 9.54. The Morgan fingerprint density at radius 1 is 1.23 bits per heavy atom. The van der Waals surface area contributed by atoms with Gasteiger partial charge in [-0.05, 0) is 63.0 Å². The van der Waals surface area contributed by atoms with E-state index in [0.29, 0.717) is 31.3 Å². The molecule has 35 heavy (non-hydrogen) atoms. The molecule has 0 amide bonds. The maximum absolute atomic E-state index is 16.9. The van der Waals surface area contributed by atoms with Gasteiger partial charge in [0.1, 0.15) is 12.2 Å². The smallest absolute Gasteiger partial charge is 0.303 e. The molecule has 4 N–H and O–H groups in total. The van der Waals surface area contributed by atoms with Gasteiger partial charge < -0.3 is 20.4 Å². The lowest BCUT2D eigenvalue weighted by molar-refractivity contribution is -0.219. The number of hydrogen-bond acceptors (Lipinski definition) is 6. The van der Waals surface area contributed by atoms with Crippen LogP contribution >= 0.6 is 0 Å². The lowest BCUT2D eigenvalue weighted by Crippen LogP contribution is -2.69. The molecule has 0 unspecified atom stereocenters. The molecule has 4 rings (SSSR count). The van der Waals surface area contributed by atoms with Crippen molar-refractivity contribution in [1.29, 1.82) is 0 Å². The molecule has 0 aromatic carbocycles. The fourth-order valence-electron chi connectivity index (χ4n) is 7.59. The molecule has 0 bridgehead atoms. The van der Waals surface area contributed by atoms with Gasteiger partial charge in [0.05, 0.1) is 6.10 Å². The Labute approximate surface area is 206 Å². The summed E-state index contributed by atoms with van der Waals surface area (Å²) < 4.78 is 16.9. The maximum Gasteiger partial charge on any atom is 0.303 e. The number of hydrogen-bond donors (Lipinski definition) is 4. The molecule has 196 valence electrons. The summed E-state index contributed by atoms with van der Waals surface area (Å²) in [7, 11) is 0. The number of aliphatic hydroxyl groups is 3. The number of aliphatic carboxylic acids is 1. The lowest BCUT2D eigenvalue weighted by atomic mass is 9.44. The van der Waals surface area contributed by atoms with Gasteiger partial charge in [0, 0.05) is 23.2 Å². The molecular formula is C27H39FO7. The minimum absolute atomic E-state index is 0.0676. The molecule has 7 nitrogen and oxygen atoms in total. The van der Waals surface area contributed by atoms with E-state index >= 15 is 4.39 Å². The molecular weight excluding hydrogens is 455 g/mol. The number of carbonyl (C=O) groups is 3. The van der Waals surface area contributed by atoms with E-state index in [9.17, 15) is 29.7 Å². The quantitative estimate of drug-likeness (QED) is 0.462. The molecule has 8 atom stereocenters. The second kappa shape index (κ2) is 9.52. The second-order valence-electron chi connectivity index (χ2n) is 11.2. The van der Waals surface area contributed by atoms with Crippen LogP contribution in [0.3, 0.4) is 0 Å². The predicted molar refractivity (Wildman–Crippen MR) is 127 cm³/mol. The van der Waals surface area contributed by atoms with E-state index in [0.717, 1.165) is 12.8 Å². The fraction of sp³-hybridized carbons (Fsp3) is 0.741. The monoisotopic (exact) mass is 494 g/mol. The van der Waals surface area contributed by atoms with Crippen molar-refractivity contribution < 1.29 is 39.2 Å². The van der Waals surface area contributed by atoms with Crippen molar-refractivity contribution in [1.82, 2.24) is 0 Å². The van der Waals surface area contributed by atoms with E-state index in [1.54, 1.807) is 26.8 Å². The molecule has 4 aliphatic rings. The molecule has 3 fully saturated rings. The Bertz CT molecular complexity index is 944. The van der Waals surface area contributed by atoms with E-state index < -0.39 is 58.4 Å². The van der Waals surface area contributed by atoms with E-state index in [1.165, 1.54) is 12.2 Å². The predicted octanol–water partition coefficient (Wildman–Crippen LogP) is 3.16. The van der Waals surface area contributed by atoms with Crippen molar-refractivity contribution in [2.45, 2.75) is 90.0 Å². The maximum atomic E-state index is 16.9. The number of carboxylic acids is 1. The summed E-state index contributed by atoms with van der Waals surface area (Å²) in [6, 6.07) is 0. The third-order valence-corrected chi connectivity index (χ3v) is 9.54. The van der Waals surface area contributed by atoms with Gasteiger partial charge in [0.2, 0.25) is 0 Å². The Kier molecular flexibility index (Phi) is 7.53. The van der Waals surface area contributed by atoms with Crippen molar-refractivity contribution in [2.75, 3.05) is 6.61 Å². The minimum atomic E-state index is -1.98. The van der Waals surface area contributed by atoms with Crippen LogP contribution in [0.5, 0.6) is 0 Å². The molecule has 0 aromatic heterocycles. The molecule has 0 saturated heterocycles. The summed E-state index contributed by atoms with van der Waals surface area (Å²) in [6.07, 6.45) is 6.52. The average molecular weight is 495 g/mol. The summed E-state index contributed by atoms with van der Waals surface area (Å²) in [5, 5.41) is 40.0. The summed E-state index contributed by atoms with van der Waals surface area (Å²) in [5.74, 6) is -2.81. The normalized spacial score (nSPS) is 43.8. The zero-order chi connectivity index (χ0) is 26.4. The first-order valence-electron chi connectivity index (χ1n) is 12.6. The SMILES string of the molecule is CCCCC(=O)O.C[C@@H]1C[C@H]2[C@@H]3CCC4=CC(=O)C=C[C@]4(C)[C@@]3(F)[C@@H](O)C[C@]2(C)[C@@]1(O)C(=O)CO. The van der Waals surface area contributed by atoms with Crippen LogP contribution in [-0.2, 0) is 14.4 Å². The lowest BCUT2D eigenvalue weighted by Gasteiger charge is -2.62. The molecule has 8 heteroatoms. The highest BCUT2D eigenvalue weighted by atomic mass is 19.1. The van der Waals surface area contributed by atoms with Crippen molar-refractivity contribution in [2.24, 2.45) is 28.6 Å². The van der Waals surface area contributed by atoms with E-state index in [4.69, 9.17) is 5.11 Å². The summed E-state index contributed by atoms with van der Waals surface area (Å²) in [5.41, 5.74) is -5.17. The van der Waals surface area contributed by atoms with Gasteiger partial charge in [-0.25, -0.2) is 4.39 Å². The topological polar surface area (TPSA) is 132 Å². The van der Waals surface area contributed by atoms with E-state index in [2.05, 4.69) is 0 Å². The molecule has 0 radical (unpaired) electrons. The zero-order valence-corrected chi connectivity index (χ0v) is 21.1. The fourth-order valence-corrected chi connectivity index (χ4v) is 7.59. The van der Waals surface area contributed by atoms with Gasteiger partial charge in [-0.3, -0.25) is 14.4 Å². The number of halogens is 1. The molecule has 4 aliphatic carbocycles. The number of fused-ring (bicyclic) bond motifs is 5.